The Kier molecular flexibility index (Phi) is 16.5. The fourth-order valence-electron chi connectivity index (χ4n) is 12.8. The van der Waals surface area contributed by atoms with Crippen molar-refractivity contribution in [2.75, 3.05) is 9.80 Å². The second kappa shape index (κ2) is 25.9. The summed E-state index contributed by atoms with van der Waals surface area (Å²) < 4.78 is 1.97. The largest absolute Gasteiger partial charge is 0.374 e. The van der Waals surface area contributed by atoms with Gasteiger partial charge in [-0.15, -0.1) is 0 Å². The van der Waals surface area contributed by atoms with Crippen LogP contribution in [0.25, 0.3) is 44.8 Å². The van der Waals surface area contributed by atoms with E-state index in [0.717, 1.165) is 99.1 Å². The number of para-hydroxylation sites is 6. The zero-order valence-electron chi connectivity index (χ0n) is 49.6. The molecule has 0 radical (unpaired) electrons. The molecule has 436 valence electrons. The van der Waals surface area contributed by atoms with E-state index in [1.165, 1.54) is 11.1 Å². The van der Waals surface area contributed by atoms with Crippen molar-refractivity contribution in [3.63, 3.8) is 0 Å². The average Bonchev–Trinajstić information content (AvgIpc) is 0.708. The van der Waals surface area contributed by atoms with E-state index in [-0.39, 0.29) is 0 Å². The summed E-state index contributed by atoms with van der Waals surface area (Å²) in [6.45, 7) is 0. The predicted octanol–water partition coefficient (Wildman–Crippen LogP) is 22.3. The van der Waals surface area contributed by atoms with E-state index in [1.807, 2.05) is 121 Å². The number of fused-ring (bicyclic) bond motifs is 2. The highest BCUT2D eigenvalue weighted by atomic mass is 79.9. The summed E-state index contributed by atoms with van der Waals surface area (Å²) in [5.41, 5.74) is 18.5. The Labute approximate surface area is 548 Å². The van der Waals surface area contributed by atoms with Gasteiger partial charge in [-0.3, -0.25) is 4.98 Å². The van der Waals surface area contributed by atoms with E-state index in [0.29, 0.717) is 16.8 Å². The Morgan fingerprint density at radius 3 is 1.25 bits per heavy atom. The van der Waals surface area contributed by atoms with Gasteiger partial charge in [-0.1, -0.05) is 287 Å². The zero-order valence-corrected chi connectivity index (χ0v) is 52.7. The predicted molar refractivity (Wildman–Crippen MR) is 382 cm³/mol. The van der Waals surface area contributed by atoms with Crippen molar-refractivity contribution in [1.82, 2.24) is 9.97 Å². The fourth-order valence-corrected chi connectivity index (χ4v) is 13.3. The summed E-state index contributed by atoms with van der Waals surface area (Å²) in [5, 5.41) is 13.5. The first-order chi connectivity index (χ1) is 44.8. The molecule has 0 aliphatic carbocycles. The normalized spacial score (nSPS) is 12.7. The Balaban J connectivity index is 0.000000158. The van der Waals surface area contributed by atoms with Crippen LogP contribution in [0.1, 0.15) is 39.2 Å². The number of pyridine rings is 2. The topological polar surface area (TPSA) is 52.5 Å². The minimum Gasteiger partial charge on any atom is -0.374 e. The van der Waals surface area contributed by atoms with Crippen LogP contribution in [-0.2, 0) is 11.0 Å². The van der Waals surface area contributed by atoms with Crippen LogP contribution in [0.2, 0.25) is 0 Å². The van der Waals surface area contributed by atoms with Crippen molar-refractivity contribution in [2.24, 2.45) is 0 Å². The first-order valence-corrected chi connectivity index (χ1v) is 32.0. The van der Waals surface area contributed by atoms with Gasteiger partial charge in [0.15, 0.2) is 5.60 Å². The number of hydrogen-bond acceptors (Lipinski definition) is 5. The molecule has 1 atom stereocenters. The second-order valence-electron chi connectivity index (χ2n) is 22.4. The molecule has 1 unspecified atom stereocenters. The molecule has 3 heterocycles. The third kappa shape index (κ3) is 11.4. The zero-order chi connectivity index (χ0) is 61.6. The highest BCUT2D eigenvalue weighted by molar-refractivity contribution is 9.10. The summed E-state index contributed by atoms with van der Waals surface area (Å²) in [6.07, 6.45) is 0. The Morgan fingerprint density at radius 1 is 0.352 bits per heavy atom. The minimum absolute atomic E-state index is 0.531. The van der Waals surface area contributed by atoms with Crippen LogP contribution < -0.4 is 9.80 Å². The SMILES string of the molecule is Brc1ccc(C2(c3cc(-c4ccccc4)cc(-c4ccccc4)n3)c3ccccc3N(c3ccccc3)c3ccccc32)cc1.OC(c1ccc(Br)cc1)(c1cc(-c2ccccc2)cc(-c2ccccc2)n1)c1ccccc1N(c1ccccc1)c1ccccc1. The molecule has 0 spiro atoms. The molecule has 12 aromatic carbocycles. The molecule has 1 N–H and O–H groups in total. The monoisotopic (exact) mass is 1300 g/mol. The number of rotatable bonds is 13. The molecule has 14 aromatic rings. The van der Waals surface area contributed by atoms with Crippen molar-refractivity contribution in [3.05, 3.63) is 406 Å². The number of hydrogen-bond donors (Lipinski definition) is 1. The van der Waals surface area contributed by atoms with Crippen LogP contribution in [0.3, 0.4) is 0 Å². The summed E-state index contributed by atoms with van der Waals surface area (Å²) >= 11 is 7.31. The van der Waals surface area contributed by atoms with Gasteiger partial charge in [-0.05, 0) is 148 Å². The highest BCUT2D eigenvalue weighted by Gasteiger charge is 2.48. The van der Waals surface area contributed by atoms with Gasteiger partial charge in [0.2, 0.25) is 0 Å². The molecule has 0 bridgehead atoms. The molecule has 91 heavy (non-hydrogen) atoms. The molecule has 2 aromatic heterocycles. The van der Waals surface area contributed by atoms with E-state index in [4.69, 9.17) is 9.97 Å². The number of halogens is 2. The molecule has 0 saturated carbocycles. The quantitative estimate of drug-likeness (QED) is 0.125. The van der Waals surface area contributed by atoms with Gasteiger partial charge in [0.25, 0.3) is 0 Å². The third-order valence-electron chi connectivity index (χ3n) is 17.0. The Morgan fingerprint density at radius 2 is 0.747 bits per heavy atom. The van der Waals surface area contributed by atoms with Gasteiger partial charge < -0.3 is 14.9 Å². The van der Waals surface area contributed by atoms with E-state index < -0.39 is 11.0 Å². The number of aromatic nitrogens is 2. The van der Waals surface area contributed by atoms with E-state index in [1.54, 1.807) is 0 Å². The molecule has 1 aliphatic rings. The van der Waals surface area contributed by atoms with Crippen molar-refractivity contribution in [3.8, 4) is 44.8 Å². The van der Waals surface area contributed by atoms with Crippen LogP contribution in [0.15, 0.2) is 367 Å². The van der Waals surface area contributed by atoms with E-state index in [9.17, 15) is 5.11 Å². The lowest BCUT2D eigenvalue weighted by atomic mass is 9.64. The fraction of sp³-hybridized carbons (Fsp3) is 0.0238. The molecule has 0 fully saturated rings. The maximum atomic E-state index is 13.5. The standard InChI is InChI=1S/C42H31BrN2O.C42H29BrN2/c43-35-27-25-34(26-28-35)42(46,41-30-33(31-15-5-1-6-16-31)29-39(44-41)32-17-7-2-8-18-32)38-23-13-14-24-40(38)45(36-19-9-3-10-20-36)37-21-11-4-12-22-37;43-34-26-24-33(25-27-34)42(41-29-32(30-14-4-1-5-15-30)28-38(44-41)31-16-6-2-7-17-31)36-20-10-12-22-39(36)45(35-18-8-3-9-19-35)40-23-13-11-21-37(40)42/h1-30,46H;1-29H. The molecule has 0 amide bonds. The minimum atomic E-state index is -1.63. The first-order valence-electron chi connectivity index (χ1n) is 30.4. The van der Waals surface area contributed by atoms with E-state index in [2.05, 4.69) is 278 Å². The molecular formula is C84H60Br2N4O. The number of nitrogens with zero attached hydrogens (tertiary/aromatic N) is 4. The number of benzene rings is 12. The Bertz CT molecular complexity index is 4570. The molecule has 15 rings (SSSR count). The lowest BCUT2D eigenvalue weighted by molar-refractivity contribution is 0.121. The van der Waals surface area contributed by atoms with Crippen molar-refractivity contribution < 1.29 is 5.11 Å². The lowest BCUT2D eigenvalue weighted by Crippen LogP contribution is -2.38. The van der Waals surface area contributed by atoms with Gasteiger partial charge in [0.05, 0.1) is 45.3 Å². The second-order valence-corrected chi connectivity index (χ2v) is 24.3. The number of anilines is 6. The first kappa shape index (κ1) is 58.2. The van der Waals surface area contributed by atoms with Crippen LogP contribution in [0.5, 0.6) is 0 Å². The summed E-state index contributed by atoms with van der Waals surface area (Å²) in [5.74, 6) is 0. The highest BCUT2D eigenvalue weighted by Crippen LogP contribution is 2.58. The summed E-state index contributed by atoms with van der Waals surface area (Å²) in [6, 6.07) is 124. The lowest BCUT2D eigenvalue weighted by Gasteiger charge is -2.46. The Hall–Kier alpha value is -10.5. The van der Waals surface area contributed by atoms with Gasteiger partial charge >= 0.3 is 0 Å². The van der Waals surface area contributed by atoms with E-state index >= 15 is 0 Å². The maximum Gasteiger partial charge on any atom is 0.159 e. The van der Waals surface area contributed by atoms with Gasteiger partial charge in [-0.25, -0.2) is 4.98 Å². The molecular weight excluding hydrogens is 1240 g/mol. The van der Waals surface area contributed by atoms with Crippen molar-refractivity contribution >= 4 is 66.0 Å². The van der Waals surface area contributed by atoms with Crippen LogP contribution in [-0.4, -0.2) is 15.1 Å². The molecule has 1 aliphatic heterocycles. The maximum absolute atomic E-state index is 13.5. The van der Waals surface area contributed by atoms with Crippen LogP contribution >= 0.6 is 31.9 Å². The summed E-state index contributed by atoms with van der Waals surface area (Å²) in [7, 11) is 0. The number of aliphatic hydroxyl groups is 1. The summed E-state index contributed by atoms with van der Waals surface area (Å²) in [4.78, 5) is 15.4. The smallest absolute Gasteiger partial charge is 0.159 e. The molecule has 7 heteroatoms. The molecule has 5 nitrogen and oxygen atoms in total. The van der Waals surface area contributed by atoms with Gasteiger partial charge in [-0.2, -0.15) is 0 Å². The van der Waals surface area contributed by atoms with Crippen LogP contribution in [0.4, 0.5) is 34.1 Å². The van der Waals surface area contributed by atoms with Gasteiger partial charge in [0.1, 0.15) is 0 Å². The van der Waals surface area contributed by atoms with Crippen molar-refractivity contribution in [1.29, 1.82) is 0 Å². The van der Waals surface area contributed by atoms with Crippen molar-refractivity contribution in [2.45, 2.75) is 11.0 Å². The third-order valence-corrected chi connectivity index (χ3v) is 18.0. The average molecular weight is 1300 g/mol. The van der Waals surface area contributed by atoms with Gasteiger partial charge in [0, 0.05) is 42.7 Å². The molecule has 0 saturated heterocycles. The van der Waals surface area contributed by atoms with Crippen LogP contribution in [0, 0.1) is 0 Å².